The molecule has 0 aliphatic carbocycles. The summed E-state index contributed by atoms with van der Waals surface area (Å²) >= 11 is 0. The Morgan fingerprint density at radius 3 is 1.93 bits per heavy atom. The Morgan fingerprint density at radius 2 is 1.60 bits per heavy atom. The van der Waals surface area contributed by atoms with Crippen molar-refractivity contribution in [2.75, 3.05) is 0 Å². The molecule has 4 nitrogen and oxygen atoms in total. The van der Waals surface area contributed by atoms with Crippen LogP contribution in [-0.2, 0) is 10.1 Å². The standard InChI is InChI=1S/C7H6F2O4S.Na/c8-5-1-4(2-6(9)3-5)7(10)14(11,12)13;/h1-3,7,10H,(H,11,12,13);/q;+1/p-1. The van der Waals surface area contributed by atoms with Gasteiger partial charge in [-0.15, -0.1) is 0 Å². The Morgan fingerprint density at radius 1 is 1.20 bits per heavy atom. The van der Waals surface area contributed by atoms with E-state index in [2.05, 4.69) is 0 Å². The molecule has 0 saturated heterocycles. The summed E-state index contributed by atoms with van der Waals surface area (Å²) in [6.45, 7) is 0. The zero-order chi connectivity index (χ0) is 10.9. The minimum Gasteiger partial charge on any atom is -0.746 e. The summed E-state index contributed by atoms with van der Waals surface area (Å²) in [7, 11) is -5.02. The van der Waals surface area contributed by atoms with Gasteiger partial charge in [0.15, 0.2) is 5.44 Å². The fourth-order valence-electron chi connectivity index (χ4n) is 0.884. The van der Waals surface area contributed by atoms with Gasteiger partial charge in [0.05, 0.1) is 0 Å². The molecular formula is C7H5F2NaO4S. The second-order valence-electron chi connectivity index (χ2n) is 2.55. The zero-order valence-corrected chi connectivity index (χ0v) is 10.5. The van der Waals surface area contributed by atoms with Gasteiger partial charge in [0.2, 0.25) is 0 Å². The van der Waals surface area contributed by atoms with Gasteiger partial charge in [-0.2, -0.15) is 0 Å². The number of hydrogen-bond acceptors (Lipinski definition) is 4. The van der Waals surface area contributed by atoms with Crippen LogP contribution in [0.4, 0.5) is 8.78 Å². The zero-order valence-electron chi connectivity index (χ0n) is 7.65. The molecule has 1 N–H and O–H groups in total. The third-order valence-electron chi connectivity index (χ3n) is 1.44. The molecule has 0 heterocycles. The SMILES string of the molecule is O=S(=O)([O-])C(O)c1cc(F)cc(F)c1.[Na+]. The molecule has 0 aromatic heterocycles. The molecule has 0 aliphatic heterocycles. The summed E-state index contributed by atoms with van der Waals surface area (Å²) in [5.41, 5.74) is -3.08. The maximum atomic E-state index is 12.5. The van der Waals surface area contributed by atoms with Crippen molar-refractivity contribution < 1.29 is 56.4 Å². The Labute approximate surface area is 107 Å². The summed E-state index contributed by atoms with van der Waals surface area (Å²) in [6.07, 6.45) is 0. The first-order valence-electron chi connectivity index (χ1n) is 3.39. The molecular weight excluding hydrogens is 241 g/mol. The van der Waals surface area contributed by atoms with Crippen LogP contribution >= 0.6 is 0 Å². The average Bonchev–Trinajstić information content (AvgIpc) is 1.99. The Balaban J connectivity index is 0.00000196. The fraction of sp³-hybridized carbons (Fsp3) is 0.143. The average molecular weight is 246 g/mol. The summed E-state index contributed by atoms with van der Waals surface area (Å²) in [4.78, 5) is 0. The van der Waals surface area contributed by atoms with Crippen LogP contribution in [-0.4, -0.2) is 18.1 Å². The number of halogens is 2. The first kappa shape index (κ1) is 14.9. The van der Waals surface area contributed by atoms with Crippen LogP contribution in [0.5, 0.6) is 0 Å². The van der Waals surface area contributed by atoms with Crippen LogP contribution in [0.25, 0.3) is 0 Å². The van der Waals surface area contributed by atoms with Gasteiger partial charge in [-0.05, 0) is 12.1 Å². The molecule has 0 amide bonds. The van der Waals surface area contributed by atoms with Crippen molar-refractivity contribution in [1.29, 1.82) is 0 Å². The molecule has 1 unspecified atom stereocenters. The van der Waals surface area contributed by atoms with Crippen LogP contribution in [0, 0.1) is 11.6 Å². The second kappa shape index (κ2) is 5.33. The van der Waals surface area contributed by atoms with Crippen LogP contribution in [0.3, 0.4) is 0 Å². The third-order valence-corrected chi connectivity index (χ3v) is 2.26. The summed E-state index contributed by atoms with van der Waals surface area (Å²) in [5.74, 6) is -2.13. The van der Waals surface area contributed by atoms with Crippen LogP contribution < -0.4 is 29.6 Å². The monoisotopic (exact) mass is 246 g/mol. The maximum absolute atomic E-state index is 12.5. The smallest absolute Gasteiger partial charge is 0.746 e. The molecule has 0 saturated carbocycles. The van der Waals surface area contributed by atoms with E-state index in [0.29, 0.717) is 18.2 Å². The molecule has 0 bridgehead atoms. The molecule has 0 fully saturated rings. The van der Waals surface area contributed by atoms with E-state index in [1.54, 1.807) is 0 Å². The summed E-state index contributed by atoms with van der Waals surface area (Å²) < 4.78 is 56.0. The molecule has 0 spiro atoms. The van der Waals surface area contributed by atoms with Crippen molar-refractivity contribution in [3.05, 3.63) is 35.4 Å². The molecule has 1 rings (SSSR count). The van der Waals surface area contributed by atoms with E-state index in [9.17, 15) is 21.8 Å². The minimum atomic E-state index is -5.02. The van der Waals surface area contributed by atoms with E-state index in [1.807, 2.05) is 0 Å². The van der Waals surface area contributed by atoms with E-state index in [0.717, 1.165) is 0 Å². The van der Waals surface area contributed by atoms with Gasteiger partial charge in [-0.25, -0.2) is 17.2 Å². The Hall–Kier alpha value is -0.0500. The van der Waals surface area contributed by atoms with Crippen molar-refractivity contribution in [2.45, 2.75) is 5.44 Å². The molecule has 0 radical (unpaired) electrons. The number of benzene rings is 1. The van der Waals surface area contributed by atoms with Crippen molar-refractivity contribution in [2.24, 2.45) is 0 Å². The van der Waals surface area contributed by atoms with Crippen LogP contribution in [0.2, 0.25) is 0 Å². The molecule has 1 aromatic rings. The Bertz CT molecular complexity index is 428. The number of aliphatic hydroxyl groups excluding tert-OH is 1. The van der Waals surface area contributed by atoms with Gasteiger partial charge in [0.1, 0.15) is 21.8 Å². The van der Waals surface area contributed by atoms with E-state index < -0.39 is 32.8 Å². The number of hydrogen-bond donors (Lipinski definition) is 1. The summed E-state index contributed by atoms with van der Waals surface area (Å²) in [6, 6.07) is 1.64. The predicted octanol–water partition coefficient (Wildman–Crippen LogP) is -2.50. The molecule has 1 atom stereocenters. The van der Waals surface area contributed by atoms with Gasteiger partial charge >= 0.3 is 29.6 Å². The topological polar surface area (TPSA) is 77.4 Å². The largest absolute Gasteiger partial charge is 1.00 e. The predicted molar refractivity (Wildman–Crippen MR) is 41.0 cm³/mol. The molecule has 78 valence electrons. The van der Waals surface area contributed by atoms with Crippen molar-refractivity contribution in [3.63, 3.8) is 0 Å². The van der Waals surface area contributed by atoms with Gasteiger partial charge in [-0.1, -0.05) is 0 Å². The van der Waals surface area contributed by atoms with Crippen molar-refractivity contribution in [1.82, 2.24) is 0 Å². The van der Waals surface area contributed by atoms with E-state index in [-0.39, 0.29) is 29.6 Å². The third kappa shape index (κ3) is 4.13. The fourth-order valence-corrected chi connectivity index (χ4v) is 1.35. The van der Waals surface area contributed by atoms with E-state index in [4.69, 9.17) is 5.11 Å². The Kier molecular flexibility index (Phi) is 5.31. The van der Waals surface area contributed by atoms with Gasteiger partial charge < -0.3 is 9.66 Å². The van der Waals surface area contributed by atoms with Gasteiger partial charge in [-0.3, -0.25) is 0 Å². The number of aliphatic hydroxyl groups is 1. The van der Waals surface area contributed by atoms with Gasteiger partial charge in [0, 0.05) is 11.6 Å². The van der Waals surface area contributed by atoms with Crippen LogP contribution in [0.15, 0.2) is 18.2 Å². The van der Waals surface area contributed by atoms with Gasteiger partial charge in [0.25, 0.3) is 0 Å². The molecule has 15 heavy (non-hydrogen) atoms. The second-order valence-corrected chi connectivity index (χ2v) is 3.98. The van der Waals surface area contributed by atoms with Crippen molar-refractivity contribution >= 4 is 10.1 Å². The molecule has 0 aliphatic rings. The summed E-state index contributed by atoms with van der Waals surface area (Å²) in [5, 5.41) is 8.87. The minimum absolute atomic E-state index is 0. The van der Waals surface area contributed by atoms with Crippen molar-refractivity contribution in [3.8, 4) is 0 Å². The van der Waals surface area contributed by atoms with E-state index >= 15 is 0 Å². The first-order chi connectivity index (χ1) is 6.30. The molecule has 1 aromatic carbocycles. The maximum Gasteiger partial charge on any atom is 1.00 e. The quantitative estimate of drug-likeness (QED) is 0.462. The van der Waals surface area contributed by atoms with E-state index in [1.165, 1.54) is 0 Å². The van der Waals surface area contributed by atoms with Crippen LogP contribution in [0.1, 0.15) is 11.0 Å². The molecule has 8 heteroatoms. The first-order valence-corrected chi connectivity index (χ1v) is 4.86. The number of rotatable bonds is 2. The normalized spacial score (nSPS) is 13.1.